The highest BCUT2D eigenvalue weighted by atomic mass is 35.5. The van der Waals surface area contributed by atoms with Gasteiger partial charge in [0.05, 0.1) is 17.6 Å². The zero-order valence-electron chi connectivity index (χ0n) is 15.3. The molecular formula is C18H18ClF2N7O. The van der Waals surface area contributed by atoms with Crippen molar-refractivity contribution in [1.29, 1.82) is 0 Å². The van der Waals surface area contributed by atoms with Crippen LogP contribution < -0.4 is 21.7 Å². The number of amides is 1. The fourth-order valence-corrected chi connectivity index (χ4v) is 2.20. The molecule has 0 atom stereocenters. The van der Waals surface area contributed by atoms with Crippen molar-refractivity contribution < 1.29 is 13.6 Å². The number of benzene rings is 1. The van der Waals surface area contributed by atoms with Crippen molar-refractivity contribution in [2.45, 2.75) is 0 Å². The van der Waals surface area contributed by atoms with Crippen molar-refractivity contribution in [3.8, 4) is 0 Å². The first-order valence-electron chi connectivity index (χ1n) is 8.20. The Balaban J connectivity index is 2.24. The summed E-state index contributed by atoms with van der Waals surface area (Å²) < 4.78 is 26.3. The van der Waals surface area contributed by atoms with E-state index in [1.165, 1.54) is 30.7 Å². The van der Waals surface area contributed by atoms with Crippen molar-refractivity contribution >= 4 is 46.9 Å². The van der Waals surface area contributed by atoms with Crippen LogP contribution in [0.4, 0.5) is 31.9 Å². The highest BCUT2D eigenvalue weighted by Crippen LogP contribution is 2.27. The number of rotatable bonds is 8. The molecule has 1 aromatic carbocycles. The standard InChI is InChI=1S/C18H18ClF2N7O/c1-23-9-12(8-22)26-18-24-10-13(19)17(28-18)27-15-7-11(4-5-14(15)21)25-16(29)3-2-6-20/h2-5,7-10H,6,22H2,1H3,(H,25,29)(H2,24,26,27,28)/b3-2+,12-8+,23-9?. The minimum Gasteiger partial charge on any atom is -0.403 e. The van der Waals surface area contributed by atoms with Gasteiger partial charge in [0.1, 0.15) is 17.5 Å². The molecule has 1 aromatic heterocycles. The quantitative estimate of drug-likeness (QED) is 0.383. The van der Waals surface area contributed by atoms with Crippen molar-refractivity contribution in [3.05, 3.63) is 59.3 Å². The summed E-state index contributed by atoms with van der Waals surface area (Å²) in [6.07, 6.45) is 6.16. The van der Waals surface area contributed by atoms with E-state index in [1.54, 1.807) is 7.05 Å². The molecule has 0 saturated carbocycles. The number of carbonyl (C=O) groups excluding carboxylic acids is 1. The third kappa shape index (κ3) is 6.54. The Morgan fingerprint density at radius 3 is 2.86 bits per heavy atom. The molecule has 0 aliphatic rings. The molecule has 5 N–H and O–H groups in total. The first kappa shape index (κ1) is 21.8. The van der Waals surface area contributed by atoms with Gasteiger partial charge in [0.15, 0.2) is 5.82 Å². The van der Waals surface area contributed by atoms with Crippen molar-refractivity contribution in [2.24, 2.45) is 10.7 Å². The van der Waals surface area contributed by atoms with Gasteiger partial charge in [-0.25, -0.2) is 13.8 Å². The molecule has 29 heavy (non-hydrogen) atoms. The molecule has 2 aromatic rings. The van der Waals surface area contributed by atoms with Gasteiger partial charge in [-0.2, -0.15) is 4.98 Å². The van der Waals surface area contributed by atoms with Crippen LogP contribution in [0, 0.1) is 5.82 Å². The number of nitrogens with one attached hydrogen (secondary N) is 3. The van der Waals surface area contributed by atoms with Crippen LogP contribution in [0.3, 0.4) is 0 Å². The Kier molecular flexibility index (Phi) is 8.04. The van der Waals surface area contributed by atoms with E-state index in [0.29, 0.717) is 11.4 Å². The van der Waals surface area contributed by atoms with Crippen LogP contribution in [0.2, 0.25) is 5.02 Å². The zero-order valence-corrected chi connectivity index (χ0v) is 16.0. The van der Waals surface area contributed by atoms with Crippen LogP contribution in [-0.2, 0) is 4.79 Å². The summed E-state index contributed by atoms with van der Waals surface area (Å²) in [5.41, 5.74) is 6.22. The largest absolute Gasteiger partial charge is 0.403 e. The lowest BCUT2D eigenvalue weighted by molar-refractivity contribution is -0.111. The molecule has 0 fully saturated rings. The van der Waals surface area contributed by atoms with Crippen molar-refractivity contribution in [2.75, 3.05) is 29.7 Å². The van der Waals surface area contributed by atoms with Crippen LogP contribution in [0.1, 0.15) is 0 Å². The molecule has 0 spiro atoms. The Morgan fingerprint density at radius 2 is 2.17 bits per heavy atom. The number of nitrogens with zero attached hydrogens (tertiary/aromatic N) is 3. The normalized spacial score (nSPS) is 11.8. The monoisotopic (exact) mass is 421 g/mol. The highest BCUT2D eigenvalue weighted by molar-refractivity contribution is 6.32. The first-order valence-corrected chi connectivity index (χ1v) is 8.58. The number of aliphatic imine (C=N–C) groups is 1. The van der Waals surface area contributed by atoms with Crippen LogP contribution in [0.15, 0.2) is 53.4 Å². The fourth-order valence-electron chi connectivity index (χ4n) is 2.06. The highest BCUT2D eigenvalue weighted by Gasteiger charge is 2.11. The maximum absolute atomic E-state index is 14.2. The average molecular weight is 422 g/mol. The number of nitrogens with two attached hydrogens (primary N) is 1. The number of carbonyl (C=O) groups is 1. The topological polar surface area (TPSA) is 117 Å². The summed E-state index contributed by atoms with van der Waals surface area (Å²) in [6.45, 7) is -0.766. The third-order valence-corrected chi connectivity index (χ3v) is 3.57. The summed E-state index contributed by atoms with van der Waals surface area (Å²) in [6, 6.07) is 3.85. The minimum atomic E-state index is -0.766. The van der Waals surface area contributed by atoms with E-state index in [0.717, 1.165) is 18.2 Å². The molecule has 2 rings (SSSR count). The van der Waals surface area contributed by atoms with Gasteiger partial charge < -0.3 is 21.7 Å². The molecule has 0 aliphatic heterocycles. The molecule has 0 saturated heterocycles. The van der Waals surface area contributed by atoms with E-state index in [1.807, 2.05) is 0 Å². The van der Waals surface area contributed by atoms with Gasteiger partial charge in [0, 0.05) is 31.2 Å². The second kappa shape index (κ2) is 10.7. The summed E-state index contributed by atoms with van der Waals surface area (Å²) >= 11 is 6.09. The SMILES string of the molecule is CN=C/C(=C\N)Nc1ncc(Cl)c(Nc2cc(NC(=O)/C=C/CF)ccc2F)n1. The van der Waals surface area contributed by atoms with Crippen LogP contribution >= 0.6 is 11.6 Å². The number of allylic oxidation sites excluding steroid dienone is 2. The molecule has 0 radical (unpaired) electrons. The van der Waals surface area contributed by atoms with Gasteiger partial charge in [-0.3, -0.25) is 9.79 Å². The molecule has 1 amide bonds. The van der Waals surface area contributed by atoms with Gasteiger partial charge in [-0.15, -0.1) is 0 Å². The molecule has 11 heteroatoms. The van der Waals surface area contributed by atoms with Gasteiger partial charge in [0.25, 0.3) is 0 Å². The Morgan fingerprint density at radius 1 is 1.38 bits per heavy atom. The first-order chi connectivity index (χ1) is 14.0. The molecule has 8 nitrogen and oxygen atoms in total. The predicted molar refractivity (Wildman–Crippen MR) is 111 cm³/mol. The Labute approximate surface area is 170 Å². The third-order valence-electron chi connectivity index (χ3n) is 3.29. The summed E-state index contributed by atoms with van der Waals surface area (Å²) in [4.78, 5) is 23.7. The molecule has 0 unspecified atom stereocenters. The van der Waals surface area contributed by atoms with Gasteiger partial charge >= 0.3 is 0 Å². The van der Waals surface area contributed by atoms with Crippen LogP contribution in [-0.4, -0.2) is 35.8 Å². The molecular weight excluding hydrogens is 404 g/mol. The second-order valence-corrected chi connectivity index (χ2v) is 5.80. The lowest BCUT2D eigenvalue weighted by atomic mass is 10.2. The van der Waals surface area contributed by atoms with E-state index < -0.39 is 18.4 Å². The van der Waals surface area contributed by atoms with Crippen molar-refractivity contribution in [3.63, 3.8) is 0 Å². The summed E-state index contributed by atoms with van der Waals surface area (Å²) in [5.74, 6) is -0.888. The van der Waals surface area contributed by atoms with E-state index in [2.05, 4.69) is 30.9 Å². The molecule has 152 valence electrons. The summed E-state index contributed by atoms with van der Waals surface area (Å²) in [7, 11) is 1.57. The average Bonchev–Trinajstić information content (AvgIpc) is 2.71. The summed E-state index contributed by atoms with van der Waals surface area (Å²) in [5, 5.41) is 8.21. The number of halogens is 3. The molecule has 1 heterocycles. The lowest BCUT2D eigenvalue weighted by Crippen LogP contribution is -2.09. The van der Waals surface area contributed by atoms with Gasteiger partial charge in [-0.1, -0.05) is 11.6 Å². The van der Waals surface area contributed by atoms with Crippen LogP contribution in [0.5, 0.6) is 0 Å². The second-order valence-electron chi connectivity index (χ2n) is 5.39. The maximum atomic E-state index is 14.2. The lowest BCUT2D eigenvalue weighted by Gasteiger charge is -2.12. The molecule has 0 aliphatic carbocycles. The number of hydrogen-bond donors (Lipinski definition) is 4. The number of aromatic nitrogens is 2. The molecule has 0 bridgehead atoms. The Bertz CT molecular complexity index is 963. The van der Waals surface area contributed by atoms with Gasteiger partial charge in [0.2, 0.25) is 11.9 Å². The predicted octanol–water partition coefficient (Wildman–Crippen LogP) is 3.39. The van der Waals surface area contributed by atoms with Crippen LogP contribution in [0.25, 0.3) is 0 Å². The van der Waals surface area contributed by atoms with E-state index in [9.17, 15) is 13.6 Å². The van der Waals surface area contributed by atoms with Gasteiger partial charge in [-0.05, 0) is 24.3 Å². The zero-order chi connectivity index (χ0) is 21.2. The number of hydrogen-bond acceptors (Lipinski definition) is 7. The Hall–Kier alpha value is -3.53. The van der Waals surface area contributed by atoms with Crippen molar-refractivity contribution in [1.82, 2.24) is 9.97 Å². The van der Waals surface area contributed by atoms with E-state index >= 15 is 0 Å². The number of anilines is 4. The number of alkyl halides is 1. The van der Waals surface area contributed by atoms with E-state index in [-0.39, 0.29) is 22.5 Å². The fraction of sp³-hybridized carbons (Fsp3) is 0.111. The van der Waals surface area contributed by atoms with E-state index in [4.69, 9.17) is 17.3 Å². The maximum Gasteiger partial charge on any atom is 0.248 e. The minimum absolute atomic E-state index is 0.00790. The smallest absolute Gasteiger partial charge is 0.248 e.